The van der Waals surface area contributed by atoms with Gasteiger partial charge in [0.25, 0.3) is 0 Å². The molecule has 0 aromatic heterocycles. The van der Waals surface area contributed by atoms with Gasteiger partial charge < -0.3 is 19.5 Å². The van der Waals surface area contributed by atoms with Crippen molar-refractivity contribution in [2.75, 3.05) is 63.6 Å². The molecule has 0 heterocycles. The van der Waals surface area contributed by atoms with E-state index in [2.05, 4.69) is 30.7 Å². The van der Waals surface area contributed by atoms with E-state index in [-0.39, 0.29) is 6.03 Å². The molecule has 0 unspecified atom stereocenters. The SMILES string of the molecule is CNC(=O)N(C)NC.CNN(C)C(=O)OC.COC(=O)N(C)/N=C(/C)OC. The second kappa shape index (κ2) is 18.0. The van der Waals surface area contributed by atoms with Gasteiger partial charge in [-0.05, 0) is 0 Å². The van der Waals surface area contributed by atoms with Gasteiger partial charge in [-0.25, -0.2) is 30.2 Å². The van der Waals surface area contributed by atoms with Gasteiger partial charge in [0.1, 0.15) is 0 Å². The molecule has 160 valence electrons. The monoisotopic (exact) mass is 395 g/mol. The molecule has 0 saturated heterocycles. The van der Waals surface area contributed by atoms with Crippen molar-refractivity contribution in [3.8, 4) is 0 Å². The average Bonchev–Trinajstić information content (AvgIpc) is 2.70. The highest BCUT2D eigenvalue weighted by atomic mass is 16.6. The van der Waals surface area contributed by atoms with Crippen LogP contribution in [-0.4, -0.2) is 103 Å². The fraction of sp³-hybridized carbons (Fsp3) is 0.714. The summed E-state index contributed by atoms with van der Waals surface area (Å²) < 4.78 is 13.4. The third kappa shape index (κ3) is 16.4. The van der Waals surface area contributed by atoms with Crippen LogP contribution in [0.2, 0.25) is 0 Å². The summed E-state index contributed by atoms with van der Waals surface area (Å²) in [6, 6.07) is -0.146. The highest BCUT2D eigenvalue weighted by molar-refractivity contribution is 5.75. The lowest BCUT2D eigenvalue weighted by molar-refractivity contribution is 0.119. The van der Waals surface area contributed by atoms with Crippen molar-refractivity contribution in [1.29, 1.82) is 0 Å². The predicted molar refractivity (Wildman–Crippen MR) is 101 cm³/mol. The zero-order valence-corrected chi connectivity index (χ0v) is 17.7. The number of hydrogen-bond donors (Lipinski definition) is 3. The van der Waals surface area contributed by atoms with Crippen LogP contribution in [0.15, 0.2) is 5.10 Å². The number of carbonyl (C=O) groups is 3. The summed E-state index contributed by atoms with van der Waals surface area (Å²) in [6.45, 7) is 1.64. The van der Waals surface area contributed by atoms with Gasteiger partial charge in [-0.1, -0.05) is 0 Å². The number of carbonyl (C=O) groups excluding carboxylic acids is 3. The van der Waals surface area contributed by atoms with Gasteiger partial charge >= 0.3 is 18.2 Å². The van der Waals surface area contributed by atoms with Gasteiger partial charge in [0, 0.05) is 49.2 Å². The molecule has 13 nitrogen and oxygen atoms in total. The Balaban J connectivity index is -0.000000327. The van der Waals surface area contributed by atoms with E-state index in [9.17, 15) is 14.4 Å². The first-order chi connectivity index (χ1) is 12.6. The van der Waals surface area contributed by atoms with Crippen molar-refractivity contribution >= 4 is 24.1 Å². The summed E-state index contributed by atoms with van der Waals surface area (Å²) in [5, 5.41) is 9.80. The summed E-state index contributed by atoms with van der Waals surface area (Å²) in [5.74, 6) is 0.401. The van der Waals surface area contributed by atoms with Crippen LogP contribution in [0, 0.1) is 0 Å². The summed E-state index contributed by atoms with van der Waals surface area (Å²) in [4.78, 5) is 31.6. The fourth-order valence-electron chi connectivity index (χ4n) is 0.922. The molecule has 0 radical (unpaired) electrons. The lowest BCUT2D eigenvalue weighted by Gasteiger charge is -2.13. The lowest BCUT2D eigenvalue weighted by Crippen LogP contribution is -2.42. The van der Waals surface area contributed by atoms with Gasteiger partial charge in [0.2, 0.25) is 5.90 Å². The molecule has 0 aromatic carbocycles. The van der Waals surface area contributed by atoms with Crippen LogP contribution in [0.1, 0.15) is 6.92 Å². The van der Waals surface area contributed by atoms with Crippen LogP contribution in [-0.2, 0) is 14.2 Å². The first-order valence-corrected chi connectivity index (χ1v) is 7.58. The molecular formula is C14H33N7O6. The Morgan fingerprint density at radius 2 is 1.22 bits per heavy atom. The highest BCUT2D eigenvalue weighted by Gasteiger charge is 2.05. The summed E-state index contributed by atoms with van der Waals surface area (Å²) in [5.41, 5.74) is 5.21. The van der Waals surface area contributed by atoms with Crippen LogP contribution in [0.3, 0.4) is 0 Å². The van der Waals surface area contributed by atoms with E-state index in [0.29, 0.717) is 5.90 Å². The topological polar surface area (TPSA) is 137 Å². The first kappa shape index (κ1) is 29.0. The van der Waals surface area contributed by atoms with Crippen molar-refractivity contribution in [1.82, 2.24) is 31.2 Å². The molecule has 0 rings (SSSR count). The molecule has 0 spiro atoms. The Labute approximate surface area is 160 Å². The van der Waals surface area contributed by atoms with E-state index in [4.69, 9.17) is 4.74 Å². The standard InChI is InChI=1S/C6H12N2O3.C4H11N3O.C4H10N2O2/c1-5(10-3)7-8(2)6(9)11-4;1-5-4(8)7(3)6-2;1-5-6(2)4(7)8-3/h1-4H3;6H,1-3H3,(H,5,8);5H,1-3H3/b7-5-;;. The van der Waals surface area contributed by atoms with Gasteiger partial charge in [-0.2, -0.15) is 5.01 Å². The van der Waals surface area contributed by atoms with E-state index in [0.717, 1.165) is 5.01 Å². The molecule has 0 fully saturated rings. The minimum Gasteiger partial charge on any atom is -0.483 e. The van der Waals surface area contributed by atoms with E-state index in [1.807, 2.05) is 0 Å². The Morgan fingerprint density at radius 3 is 1.44 bits per heavy atom. The number of hydrazine groups is 2. The van der Waals surface area contributed by atoms with Crippen LogP contribution in [0.4, 0.5) is 14.4 Å². The highest BCUT2D eigenvalue weighted by Crippen LogP contribution is 1.90. The van der Waals surface area contributed by atoms with Crippen LogP contribution < -0.4 is 16.2 Å². The van der Waals surface area contributed by atoms with Gasteiger partial charge in [0.15, 0.2) is 0 Å². The predicted octanol–water partition coefficient (Wildman–Crippen LogP) is -0.125. The summed E-state index contributed by atoms with van der Waals surface area (Å²) >= 11 is 0. The second-order valence-electron chi connectivity index (χ2n) is 4.41. The molecule has 13 heteroatoms. The molecular weight excluding hydrogens is 362 g/mol. The maximum atomic E-state index is 10.7. The number of rotatable bonds is 3. The van der Waals surface area contributed by atoms with Crippen molar-refractivity contribution < 1.29 is 28.6 Å². The van der Waals surface area contributed by atoms with Crippen LogP contribution in [0.25, 0.3) is 0 Å². The number of urea groups is 1. The molecule has 0 aliphatic carbocycles. The van der Waals surface area contributed by atoms with E-state index >= 15 is 0 Å². The van der Waals surface area contributed by atoms with Gasteiger partial charge in [-0.3, -0.25) is 5.01 Å². The Hall–Kier alpha value is -2.80. The second-order valence-corrected chi connectivity index (χ2v) is 4.41. The number of amides is 4. The lowest BCUT2D eigenvalue weighted by atomic mass is 10.8. The smallest absolute Gasteiger partial charge is 0.429 e. The molecule has 0 saturated carbocycles. The van der Waals surface area contributed by atoms with E-state index in [1.165, 1.54) is 38.4 Å². The number of ether oxygens (including phenoxy) is 3. The van der Waals surface area contributed by atoms with Gasteiger partial charge in [-0.15, -0.1) is 5.10 Å². The molecule has 0 aliphatic heterocycles. The minimum atomic E-state index is -0.526. The third-order valence-electron chi connectivity index (χ3n) is 2.66. The summed E-state index contributed by atoms with van der Waals surface area (Å²) in [6.07, 6.45) is -0.922. The third-order valence-corrected chi connectivity index (χ3v) is 2.66. The number of hydrogen-bond acceptors (Lipinski definition) is 9. The molecule has 0 aliphatic rings. The van der Waals surface area contributed by atoms with Crippen LogP contribution >= 0.6 is 0 Å². The summed E-state index contributed by atoms with van der Waals surface area (Å²) in [7, 11) is 13.7. The molecule has 0 bridgehead atoms. The van der Waals surface area contributed by atoms with E-state index in [1.54, 1.807) is 42.2 Å². The number of hydrazone groups is 1. The van der Waals surface area contributed by atoms with Crippen molar-refractivity contribution in [3.63, 3.8) is 0 Å². The zero-order valence-electron chi connectivity index (χ0n) is 17.7. The molecule has 0 atom stereocenters. The normalized spacial score (nSPS) is 9.33. The van der Waals surface area contributed by atoms with Crippen molar-refractivity contribution in [2.45, 2.75) is 6.92 Å². The molecule has 27 heavy (non-hydrogen) atoms. The Morgan fingerprint density at radius 1 is 0.778 bits per heavy atom. The van der Waals surface area contributed by atoms with Crippen molar-refractivity contribution in [3.05, 3.63) is 0 Å². The Bertz CT molecular complexity index is 439. The minimum absolute atomic E-state index is 0.146. The largest absolute Gasteiger partial charge is 0.483 e. The zero-order chi connectivity index (χ0) is 22.0. The van der Waals surface area contributed by atoms with Crippen LogP contribution in [0.5, 0.6) is 0 Å². The van der Waals surface area contributed by atoms with E-state index < -0.39 is 12.2 Å². The quantitative estimate of drug-likeness (QED) is 0.342. The maximum Gasteiger partial charge on any atom is 0.429 e. The Kier molecular flexibility index (Phi) is 19.3. The number of methoxy groups -OCH3 is 3. The number of nitrogens with zero attached hydrogens (tertiary/aromatic N) is 4. The fourth-order valence-corrected chi connectivity index (χ4v) is 0.922. The molecule has 4 amide bonds. The number of nitrogens with one attached hydrogen (secondary N) is 3. The molecule has 0 aromatic rings. The van der Waals surface area contributed by atoms with Crippen molar-refractivity contribution in [2.24, 2.45) is 5.10 Å². The molecule has 3 N–H and O–H groups in total. The average molecular weight is 395 g/mol. The maximum absolute atomic E-state index is 10.7. The first-order valence-electron chi connectivity index (χ1n) is 7.58. The van der Waals surface area contributed by atoms with Gasteiger partial charge in [0.05, 0.1) is 21.3 Å².